The first-order valence-electron chi connectivity index (χ1n) is 9.90. The number of imidazole rings is 1. The zero-order chi connectivity index (χ0) is 22.3. The van der Waals surface area contributed by atoms with E-state index in [4.69, 9.17) is 32.9 Å². The predicted octanol–water partition coefficient (Wildman–Crippen LogP) is 7.03. The average molecular weight is 520 g/mol. The standard InChI is InChI=1S/C23H21BrCl2N4O/c1-5-31-20-16(10-17(25)14(4)18(20)15-7-6-12(2)28-11-15)13(3)23-29-21(24)19-22(26)27-8-9-30(19)23/h6-11,13H,5H2,1-4H3. The first-order valence-corrected chi connectivity index (χ1v) is 11.4. The lowest BCUT2D eigenvalue weighted by molar-refractivity contribution is 0.336. The lowest BCUT2D eigenvalue weighted by atomic mass is 9.91. The van der Waals surface area contributed by atoms with Crippen LogP contribution in [0.3, 0.4) is 0 Å². The summed E-state index contributed by atoms with van der Waals surface area (Å²) in [4.78, 5) is 13.4. The van der Waals surface area contributed by atoms with Crippen molar-refractivity contribution in [1.29, 1.82) is 0 Å². The van der Waals surface area contributed by atoms with Gasteiger partial charge < -0.3 is 4.74 Å². The lowest BCUT2D eigenvalue weighted by Crippen LogP contribution is -2.08. The maximum absolute atomic E-state index is 6.71. The van der Waals surface area contributed by atoms with Crippen LogP contribution >= 0.6 is 39.1 Å². The van der Waals surface area contributed by atoms with Gasteiger partial charge in [-0.05, 0) is 54.4 Å². The first-order chi connectivity index (χ1) is 14.8. The molecule has 3 aromatic heterocycles. The summed E-state index contributed by atoms with van der Waals surface area (Å²) in [7, 11) is 0. The molecule has 0 aliphatic rings. The topological polar surface area (TPSA) is 52.3 Å². The molecule has 0 fully saturated rings. The van der Waals surface area contributed by atoms with E-state index in [-0.39, 0.29) is 5.92 Å². The van der Waals surface area contributed by atoms with Gasteiger partial charge in [-0.2, -0.15) is 0 Å². The average Bonchev–Trinajstić information content (AvgIpc) is 3.09. The number of halogens is 3. The Hall–Kier alpha value is -2.15. The number of hydrogen-bond donors (Lipinski definition) is 0. The molecule has 0 spiro atoms. The Balaban J connectivity index is 1.97. The van der Waals surface area contributed by atoms with E-state index in [2.05, 4.69) is 32.8 Å². The summed E-state index contributed by atoms with van der Waals surface area (Å²) in [6.45, 7) is 8.54. The second-order valence-corrected chi connectivity index (χ2v) is 8.83. The zero-order valence-electron chi connectivity index (χ0n) is 17.6. The highest BCUT2D eigenvalue weighted by molar-refractivity contribution is 9.10. The van der Waals surface area contributed by atoms with Gasteiger partial charge in [-0.1, -0.05) is 36.2 Å². The Morgan fingerprint density at radius 3 is 2.65 bits per heavy atom. The molecule has 4 rings (SSSR count). The van der Waals surface area contributed by atoms with Crippen molar-refractivity contribution >= 4 is 44.6 Å². The van der Waals surface area contributed by atoms with E-state index < -0.39 is 0 Å². The monoisotopic (exact) mass is 518 g/mol. The van der Waals surface area contributed by atoms with Crippen molar-refractivity contribution in [2.24, 2.45) is 0 Å². The molecule has 4 aromatic rings. The van der Waals surface area contributed by atoms with Crippen LogP contribution in [0, 0.1) is 13.8 Å². The molecule has 0 amide bonds. The van der Waals surface area contributed by atoms with E-state index in [1.165, 1.54) is 0 Å². The highest BCUT2D eigenvalue weighted by Gasteiger charge is 2.26. The second kappa shape index (κ2) is 8.77. The van der Waals surface area contributed by atoms with E-state index in [0.717, 1.165) is 45.0 Å². The van der Waals surface area contributed by atoms with E-state index >= 15 is 0 Å². The number of aryl methyl sites for hydroxylation is 1. The van der Waals surface area contributed by atoms with Crippen LogP contribution in [-0.2, 0) is 0 Å². The Bertz CT molecular complexity index is 1270. The highest BCUT2D eigenvalue weighted by atomic mass is 79.9. The van der Waals surface area contributed by atoms with Crippen LogP contribution in [0.1, 0.15) is 42.4 Å². The summed E-state index contributed by atoms with van der Waals surface area (Å²) in [5.74, 6) is 1.46. The van der Waals surface area contributed by atoms with Crippen LogP contribution in [0.2, 0.25) is 10.2 Å². The molecular formula is C23H21BrCl2N4O. The maximum Gasteiger partial charge on any atom is 0.155 e. The highest BCUT2D eigenvalue weighted by Crippen LogP contribution is 2.44. The number of fused-ring (bicyclic) bond motifs is 1. The fourth-order valence-electron chi connectivity index (χ4n) is 3.76. The van der Waals surface area contributed by atoms with Gasteiger partial charge in [0, 0.05) is 51.9 Å². The minimum Gasteiger partial charge on any atom is -0.493 e. The molecule has 31 heavy (non-hydrogen) atoms. The Morgan fingerprint density at radius 1 is 1.19 bits per heavy atom. The fraction of sp³-hybridized carbons (Fsp3) is 0.261. The van der Waals surface area contributed by atoms with Crippen LogP contribution in [0.25, 0.3) is 16.6 Å². The molecule has 3 heterocycles. The zero-order valence-corrected chi connectivity index (χ0v) is 20.7. The molecule has 0 aliphatic carbocycles. The van der Waals surface area contributed by atoms with Crippen molar-refractivity contribution in [2.45, 2.75) is 33.6 Å². The Kier molecular flexibility index (Phi) is 6.24. The number of hydrogen-bond acceptors (Lipinski definition) is 4. The number of pyridine rings is 1. The number of aromatic nitrogens is 4. The van der Waals surface area contributed by atoms with Gasteiger partial charge in [-0.3, -0.25) is 9.38 Å². The van der Waals surface area contributed by atoms with Gasteiger partial charge in [-0.25, -0.2) is 9.97 Å². The number of benzene rings is 1. The third-order valence-corrected chi connectivity index (χ3v) is 6.56. The van der Waals surface area contributed by atoms with E-state index in [9.17, 15) is 0 Å². The minimum atomic E-state index is -0.130. The fourth-order valence-corrected chi connectivity index (χ4v) is 4.88. The molecule has 0 saturated carbocycles. The van der Waals surface area contributed by atoms with Crippen molar-refractivity contribution in [3.05, 3.63) is 74.2 Å². The molecule has 5 nitrogen and oxygen atoms in total. The van der Waals surface area contributed by atoms with Crippen molar-refractivity contribution in [1.82, 2.24) is 19.4 Å². The largest absolute Gasteiger partial charge is 0.493 e. The van der Waals surface area contributed by atoms with Crippen LogP contribution in [0.4, 0.5) is 0 Å². The lowest BCUT2D eigenvalue weighted by Gasteiger charge is -2.22. The summed E-state index contributed by atoms with van der Waals surface area (Å²) < 4.78 is 8.79. The quantitative estimate of drug-likeness (QED) is 0.284. The van der Waals surface area contributed by atoms with Crippen molar-refractivity contribution < 1.29 is 4.74 Å². The molecule has 0 radical (unpaired) electrons. The van der Waals surface area contributed by atoms with Crippen LogP contribution in [0.15, 0.2) is 41.4 Å². The number of ether oxygens (including phenoxy) is 1. The SMILES string of the molecule is CCOc1c(C(C)c2nc(Br)c3c(Cl)nccn23)cc(Cl)c(C)c1-c1ccc(C)nc1. The summed E-state index contributed by atoms with van der Waals surface area (Å²) in [5, 5.41) is 1.05. The van der Waals surface area contributed by atoms with Crippen molar-refractivity contribution in [2.75, 3.05) is 6.61 Å². The second-order valence-electron chi connectivity index (χ2n) is 7.32. The molecule has 160 valence electrons. The van der Waals surface area contributed by atoms with Gasteiger partial charge in [0.25, 0.3) is 0 Å². The van der Waals surface area contributed by atoms with E-state index in [1.54, 1.807) is 6.20 Å². The van der Waals surface area contributed by atoms with Gasteiger partial charge in [0.1, 0.15) is 21.7 Å². The van der Waals surface area contributed by atoms with Crippen LogP contribution in [-0.4, -0.2) is 26.0 Å². The molecular weight excluding hydrogens is 499 g/mol. The maximum atomic E-state index is 6.71. The molecule has 0 N–H and O–H groups in total. The molecule has 0 saturated heterocycles. The van der Waals surface area contributed by atoms with E-state index in [1.807, 2.05) is 55.8 Å². The predicted molar refractivity (Wildman–Crippen MR) is 129 cm³/mol. The molecule has 0 bridgehead atoms. The third-order valence-electron chi connectivity index (χ3n) is 5.34. The van der Waals surface area contributed by atoms with Gasteiger partial charge in [0.05, 0.1) is 6.61 Å². The van der Waals surface area contributed by atoms with Crippen molar-refractivity contribution in [3.8, 4) is 16.9 Å². The third kappa shape index (κ3) is 3.93. The smallest absolute Gasteiger partial charge is 0.155 e. The summed E-state index contributed by atoms with van der Waals surface area (Å²) in [6.07, 6.45) is 5.37. The van der Waals surface area contributed by atoms with E-state index in [0.29, 0.717) is 21.4 Å². The van der Waals surface area contributed by atoms with Gasteiger partial charge >= 0.3 is 0 Å². The van der Waals surface area contributed by atoms with Gasteiger partial charge in [-0.15, -0.1) is 0 Å². The molecule has 1 aromatic carbocycles. The Labute approximate surface area is 199 Å². The summed E-state index contributed by atoms with van der Waals surface area (Å²) in [5.41, 5.74) is 5.49. The normalized spacial score (nSPS) is 12.4. The Morgan fingerprint density at radius 2 is 1.97 bits per heavy atom. The first kappa shape index (κ1) is 22.1. The van der Waals surface area contributed by atoms with Crippen molar-refractivity contribution in [3.63, 3.8) is 0 Å². The summed E-state index contributed by atoms with van der Waals surface area (Å²) in [6, 6.07) is 6.00. The number of nitrogens with zero attached hydrogens (tertiary/aromatic N) is 4. The molecule has 0 aliphatic heterocycles. The molecule has 8 heteroatoms. The molecule has 1 unspecified atom stereocenters. The molecule has 1 atom stereocenters. The minimum absolute atomic E-state index is 0.130. The van der Waals surface area contributed by atoms with Gasteiger partial charge in [0.2, 0.25) is 0 Å². The van der Waals surface area contributed by atoms with Crippen LogP contribution < -0.4 is 4.74 Å². The summed E-state index contributed by atoms with van der Waals surface area (Å²) >= 11 is 16.5. The van der Waals surface area contributed by atoms with Crippen LogP contribution in [0.5, 0.6) is 5.75 Å². The number of rotatable bonds is 5. The van der Waals surface area contributed by atoms with Gasteiger partial charge in [0.15, 0.2) is 5.15 Å².